The van der Waals surface area contributed by atoms with Gasteiger partial charge in [-0.15, -0.1) is 0 Å². The van der Waals surface area contributed by atoms with E-state index in [2.05, 4.69) is 47.7 Å². The maximum atomic E-state index is 11.1. The molecule has 1 aromatic heterocycles. The molecule has 4 heteroatoms. The SMILES string of the molecule is CCc1cccc(CC)c1Nc1cccc(NC(C)=O)n1. The summed E-state index contributed by atoms with van der Waals surface area (Å²) in [6.07, 6.45) is 1.92. The minimum absolute atomic E-state index is 0.122. The van der Waals surface area contributed by atoms with Gasteiger partial charge in [0.25, 0.3) is 0 Å². The van der Waals surface area contributed by atoms with E-state index in [1.54, 1.807) is 6.07 Å². The van der Waals surface area contributed by atoms with Crippen LogP contribution < -0.4 is 10.6 Å². The largest absolute Gasteiger partial charge is 0.340 e. The maximum absolute atomic E-state index is 11.1. The van der Waals surface area contributed by atoms with Crippen LogP contribution in [0.4, 0.5) is 17.3 Å². The van der Waals surface area contributed by atoms with Crippen LogP contribution in [0.15, 0.2) is 36.4 Å². The summed E-state index contributed by atoms with van der Waals surface area (Å²) in [6.45, 7) is 5.76. The van der Waals surface area contributed by atoms with Crippen molar-refractivity contribution in [3.63, 3.8) is 0 Å². The molecule has 0 saturated heterocycles. The van der Waals surface area contributed by atoms with E-state index in [4.69, 9.17) is 0 Å². The molecule has 0 aliphatic heterocycles. The quantitative estimate of drug-likeness (QED) is 0.874. The third-order valence-electron chi connectivity index (χ3n) is 3.31. The molecule has 0 bridgehead atoms. The molecule has 1 amide bonds. The number of hydrogen-bond donors (Lipinski definition) is 2. The Balaban J connectivity index is 2.31. The van der Waals surface area contributed by atoms with E-state index in [1.807, 2.05) is 12.1 Å². The van der Waals surface area contributed by atoms with Crippen LogP contribution in [0.2, 0.25) is 0 Å². The van der Waals surface area contributed by atoms with E-state index in [0.717, 1.165) is 24.3 Å². The average Bonchev–Trinajstić information content (AvgIpc) is 2.47. The van der Waals surface area contributed by atoms with Gasteiger partial charge in [-0.3, -0.25) is 4.79 Å². The van der Waals surface area contributed by atoms with Crippen molar-refractivity contribution < 1.29 is 4.79 Å². The van der Waals surface area contributed by atoms with Crippen LogP contribution in [0.5, 0.6) is 0 Å². The number of aromatic nitrogens is 1. The number of para-hydroxylation sites is 1. The number of carbonyl (C=O) groups excluding carboxylic acids is 1. The molecular weight excluding hydrogens is 262 g/mol. The van der Waals surface area contributed by atoms with Crippen molar-refractivity contribution in [2.24, 2.45) is 0 Å². The standard InChI is InChI=1S/C17H21N3O/c1-4-13-8-6-9-14(5-2)17(13)20-16-11-7-10-15(19-16)18-12(3)21/h6-11H,4-5H2,1-3H3,(H2,18,19,20,21). The second-order valence-corrected chi connectivity index (χ2v) is 4.87. The fourth-order valence-corrected chi connectivity index (χ4v) is 2.29. The molecule has 4 nitrogen and oxygen atoms in total. The molecule has 2 aromatic rings. The lowest BCUT2D eigenvalue weighted by molar-refractivity contribution is -0.114. The number of aryl methyl sites for hydroxylation is 2. The summed E-state index contributed by atoms with van der Waals surface area (Å²) in [7, 11) is 0. The van der Waals surface area contributed by atoms with E-state index in [9.17, 15) is 4.79 Å². The van der Waals surface area contributed by atoms with Gasteiger partial charge in [-0.25, -0.2) is 4.98 Å². The van der Waals surface area contributed by atoms with Crippen molar-refractivity contribution in [2.45, 2.75) is 33.6 Å². The molecule has 2 rings (SSSR count). The molecule has 110 valence electrons. The van der Waals surface area contributed by atoms with Gasteiger partial charge < -0.3 is 10.6 Å². The highest BCUT2D eigenvalue weighted by molar-refractivity contribution is 5.87. The second kappa shape index (κ2) is 6.88. The number of rotatable bonds is 5. The lowest BCUT2D eigenvalue weighted by Gasteiger charge is -2.15. The Hall–Kier alpha value is -2.36. The minimum atomic E-state index is -0.122. The van der Waals surface area contributed by atoms with Gasteiger partial charge in [-0.1, -0.05) is 38.1 Å². The van der Waals surface area contributed by atoms with Crippen molar-refractivity contribution >= 4 is 23.2 Å². The third-order valence-corrected chi connectivity index (χ3v) is 3.31. The predicted molar refractivity (Wildman–Crippen MR) is 87.0 cm³/mol. The summed E-state index contributed by atoms with van der Waals surface area (Å²) in [6, 6.07) is 11.9. The van der Waals surface area contributed by atoms with Crippen LogP contribution >= 0.6 is 0 Å². The third kappa shape index (κ3) is 3.81. The average molecular weight is 283 g/mol. The van der Waals surface area contributed by atoms with Crippen LogP contribution in [-0.4, -0.2) is 10.9 Å². The van der Waals surface area contributed by atoms with Gasteiger partial charge in [0.1, 0.15) is 11.6 Å². The van der Waals surface area contributed by atoms with Crippen molar-refractivity contribution in [3.8, 4) is 0 Å². The van der Waals surface area contributed by atoms with Gasteiger partial charge >= 0.3 is 0 Å². The Morgan fingerprint density at radius 3 is 2.14 bits per heavy atom. The summed E-state index contributed by atoms with van der Waals surface area (Å²) in [5.41, 5.74) is 3.65. The molecular formula is C17H21N3O. The number of nitrogens with one attached hydrogen (secondary N) is 2. The summed E-state index contributed by atoms with van der Waals surface area (Å²) in [5.74, 6) is 1.17. The number of hydrogen-bond acceptors (Lipinski definition) is 3. The smallest absolute Gasteiger partial charge is 0.222 e. The van der Waals surface area contributed by atoms with E-state index >= 15 is 0 Å². The first-order valence-electron chi connectivity index (χ1n) is 7.26. The summed E-state index contributed by atoms with van der Waals surface area (Å²) >= 11 is 0. The Morgan fingerprint density at radius 1 is 1.00 bits per heavy atom. The van der Waals surface area contributed by atoms with Gasteiger partial charge in [0.2, 0.25) is 5.91 Å². The maximum Gasteiger partial charge on any atom is 0.222 e. The first-order valence-corrected chi connectivity index (χ1v) is 7.26. The van der Waals surface area contributed by atoms with Crippen LogP contribution in [0.25, 0.3) is 0 Å². The minimum Gasteiger partial charge on any atom is -0.340 e. The van der Waals surface area contributed by atoms with Gasteiger partial charge in [0.05, 0.1) is 0 Å². The lowest BCUT2D eigenvalue weighted by Crippen LogP contribution is -2.08. The van der Waals surface area contributed by atoms with Crippen molar-refractivity contribution in [3.05, 3.63) is 47.5 Å². The first kappa shape index (κ1) is 15.0. The van der Waals surface area contributed by atoms with Crippen molar-refractivity contribution in [1.82, 2.24) is 4.98 Å². The molecule has 0 fully saturated rings. The van der Waals surface area contributed by atoms with Crippen LogP contribution in [-0.2, 0) is 17.6 Å². The van der Waals surface area contributed by atoms with Gasteiger partial charge in [0, 0.05) is 12.6 Å². The zero-order valence-corrected chi connectivity index (χ0v) is 12.7. The van der Waals surface area contributed by atoms with Crippen LogP contribution in [0.3, 0.4) is 0 Å². The molecule has 0 spiro atoms. The van der Waals surface area contributed by atoms with Crippen LogP contribution in [0.1, 0.15) is 31.9 Å². The van der Waals surface area contributed by atoms with Crippen LogP contribution in [0, 0.1) is 0 Å². The molecule has 0 saturated carbocycles. The Morgan fingerprint density at radius 2 is 1.57 bits per heavy atom. The fraction of sp³-hybridized carbons (Fsp3) is 0.294. The van der Waals surface area contributed by atoms with Crippen molar-refractivity contribution in [1.29, 1.82) is 0 Å². The highest BCUT2D eigenvalue weighted by Crippen LogP contribution is 2.26. The van der Waals surface area contributed by atoms with E-state index < -0.39 is 0 Å². The zero-order valence-electron chi connectivity index (χ0n) is 12.7. The molecule has 0 unspecified atom stereocenters. The number of nitrogens with zero attached hydrogens (tertiary/aromatic N) is 1. The Bertz CT molecular complexity index is 615. The molecule has 0 aliphatic rings. The highest BCUT2D eigenvalue weighted by atomic mass is 16.1. The Labute approximate surface area is 125 Å². The van der Waals surface area contributed by atoms with E-state index in [-0.39, 0.29) is 5.91 Å². The molecule has 0 atom stereocenters. The topological polar surface area (TPSA) is 54.0 Å². The number of benzene rings is 1. The van der Waals surface area contributed by atoms with Crippen molar-refractivity contribution in [2.75, 3.05) is 10.6 Å². The number of amides is 1. The monoisotopic (exact) mass is 283 g/mol. The normalized spacial score (nSPS) is 10.2. The fourth-order valence-electron chi connectivity index (χ4n) is 2.29. The van der Waals surface area contributed by atoms with Gasteiger partial charge in [-0.05, 0) is 36.1 Å². The van der Waals surface area contributed by atoms with E-state index in [0.29, 0.717) is 5.82 Å². The summed E-state index contributed by atoms with van der Waals surface area (Å²) in [4.78, 5) is 15.5. The number of carbonyl (C=O) groups is 1. The van der Waals surface area contributed by atoms with Gasteiger partial charge in [0.15, 0.2) is 0 Å². The summed E-state index contributed by atoms with van der Waals surface area (Å²) in [5, 5.41) is 6.09. The number of anilines is 3. The van der Waals surface area contributed by atoms with Gasteiger partial charge in [-0.2, -0.15) is 0 Å². The molecule has 0 radical (unpaired) electrons. The molecule has 21 heavy (non-hydrogen) atoms. The van der Waals surface area contributed by atoms with E-state index in [1.165, 1.54) is 18.1 Å². The zero-order chi connectivity index (χ0) is 15.2. The second-order valence-electron chi connectivity index (χ2n) is 4.87. The molecule has 1 aromatic carbocycles. The summed E-state index contributed by atoms with van der Waals surface area (Å²) < 4.78 is 0. The first-order chi connectivity index (χ1) is 10.1. The molecule has 0 aliphatic carbocycles. The predicted octanol–water partition coefficient (Wildman–Crippen LogP) is 3.91. The number of pyridine rings is 1. The molecule has 2 N–H and O–H groups in total. The lowest BCUT2D eigenvalue weighted by atomic mass is 10.0. The Kier molecular flexibility index (Phi) is 4.93. The highest BCUT2D eigenvalue weighted by Gasteiger charge is 2.07. The molecule has 1 heterocycles.